The number of rotatable bonds is 13. The van der Waals surface area contributed by atoms with Gasteiger partial charge in [-0.25, -0.2) is 4.79 Å². The van der Waals surface area contributed by atoms with Crippen LogP contribution in [0.15, 0.2) is 11.6 Å². The number of hydrogen-bond acceptors (Lipinski definition) is 4. The molecule has 0 radical (unpaired) electrons. The highest BCUT2D eigenvalue weighted by molar-refractivity contribution is 5.82. The third kappa shape index (κ3) is 16.0. The first-order valence-corrected chi connectivity index (χ1v) is 9.43. The van der Waals surface area contributed by atoms with Crippen molar-refractivity contribution in [3.8, 4) is 0 Å². The number of carbonyl (C=O) groups excluding carboxylic acids is 1. The van der Waals surface area contributed by atoms with E-state index in [1.54, 1.807) is 0 Å². The summed E-state index contributed by atoms with van der Waals surface area (Å²) in [5, 5.41) is 0. The van der Waals surface area contributed by atoms with Gasteiger partial charge in [-0.05, 0) is 37.5 Å². The van der Waals surface area contributed by atoms with E-state index >= 15 is 0 Å². The SMILES string of the molecule is C/C(=C\C(=O)ON)CCC[C@H](C)CCC[C@H](C)CCCC(C)C.N. The molecule has 0 fully saturated rings. The van der Waals surface area contributed by atoms with E-state index in [0.29, 0.717) is 0 Å². The molecule has 0 unspecified atom stereocenters. The van der Waals surface area contributed by atoms with Crippen molar-refractivity contribution in [3.05, 3.63) is 11.6 Å². The minimum absolute atomic E-state index is 0. The molecule has 0 aliphatic rings. The van der Waals surface area contributed by atoms with Crippen LogP contribution in [0.2, 0.25) is 0 Å². The second-order valence-electron chi connectivity index (χ2n) is 7.79. The van der Waals surface area contributed by atoms with Crippen molar-refractivity contribution in [3.63, 3.8) is 0 Å². The number of allylic oxidation sites excluding steroid dienone is 1. The quantitative estimate of drug-likeness (QED) is 0.320. The Bertz CT molecular complexity index is 341. The first kappa shape index (κ1) is 25.4. The molecule has 0 aromatic carbocycles. The van der Waals surface area contributed by atoms with Gasteiger partial charge in [0.1, 0.15) is 0 Å². The predicted octanol–water partition coefficient (Wildman–Crippen LogP) is 5.95. The molecule has 0 aromatic rings. The highest BCUT2D eigenvalue weighted by Gasteiger charge is 2.07. The summed E-state index contributed by atoms with van der Waals surface area (Å²) in [5.41, 5.74) is 1.05. The molecule has 24 heavy (non-hydrogen) atoms. The lowest BCUT2D eigenvalue weighted by atomic mass is 9.91. The van der Waals surface area contributed by atoms with E-state index < -0.39 is 5.97 Å². The fourth-order valence-corrected chi connectivity index (χ4v) is 3.01. The lowest BCUT2D eigenvalue weighted by molar-refractivity contribution is -0.138. The van der Waals surface area contributed by atoms with E-state index in [4.69, 9.17) is 5.90 Å². The first-order valence-electron chi connectivity index (χ1n) is 9.43. The van der Waals surface area contributed by atoms with Crippen LogP contribution in [0.25, 0.3) is 0 Å². The summed E-state index contributed by atoms with van der Waals surface area (Å²) in [7, 11) is 0. The van der Waals surface area contributed by atoms with Crippen molar-refractivity contribution in [1.82, 2.24) is 6.15 Å². The van der Waals surface area contributed by atoms with Crippen LogP contribution < -0.4 is 12.0 Å². The van der Waals surface area contributed by atoms with Gasteiger partial charge in [0.05, 0.1) is 0 Å². The molecule has 0 saturated heterocycles. The number of hydrogen-bond donors (Lipinski definition) is 2. The summed E-state index contributed by atoms with van der Waals surface area (Å²) >= 11 is 0. The molecule has 2 atom stereocenters. The highest BCUT2D eigenvalue weighted by Crippen LogP contribution is 2.21. The van der Waals surface area contributed by atoms with Crippen LogP contribution in [0.5, 0.6) is 0 Å². The summed E-state index contributed by atoms with van der Waals surface area (Å²) < 4.78 is 0. The van der Waals surface area contributed by atoms with E-state index in [0.717, 1.165) is 36.2 Å². The van der Waals surface area contributed by atoms with Crippen molar-refractivity contribution >= 4 is 5.97 Å². The number of nitrogens with two attached hydrogens (primary N) is 1. The van der Waals surface area contributed by atoms with Crippen molar-refractivity contribution in [2.24, 2.45) is 23.7 Å². The lowest BCUT2D eigenvalue weighted by Gasteiger charge is -2.15. The predicted molar refractivity (Wildman–Crippen MR) is 104 cm³/mol. The maximum absolute atomic E-state index is 11.0. The van der Waals surface area contributed by atoms with E-state index in [1.807, 2.05) is 6.92 Å². The molecular formula is C20H42N2O2. The van der Waals surface area contributed by atoms with Gasteiger partial charge in [0.15, 0.2) is 0 Å². The lowest BCUT2D eigenvalue weighted by Crippen LogP contribution is -2.07. The Morgan fingerprint density at radius 1 is 0.917 bits per heavy atom. The van der Waals surface area contributed by atoms with Gasteiger partial charge in [-0.3, -0.25) is 0 Å². The molecule has 0 bridgehead atoms. The molecule has 4 heteroatoms. The third-order valence-electron chi connectivity index (χ3n) is 4.62. The number of carbonyl (C=O) groups is 1. The van der Waals surface area contributed by atoms with E-state index in [-0.39, 0.29) is 6.15 Å². The monoisotopic (exact) mass is 342 g/mol. The second-order valence-corrected chi connectivity index (χ2v) is 7.79. The highest BCUT2D eigenvalue weighted by atomic mass is 16.7. The van der Waals surface area contributed by atoms with Crippen LogP contribution in [-0.2, 0) is 9.63 Å². The molecule has 0 aliphatic heterocycles. The maximum atomic E-state index is 11.0. The summed E-state index contributed by atoms with van der Waals surface area (Å²) in [6.45, 7) is 11.3. The van der Waals surface area contributed by atoms with Gasteiger partial charge in [0.25, 0.3) is 0 Å². The van der Waals surface area contributed by atoms with Crippen LogP contribution in [0.3, 0.4) is 0 Å². The van der Waals surface area contributed by atoms with Gasteiger partial charge < -0.3 is 11.0 Å². The molecule has 144 valence electrons. The maximum Gasteiger partial charge on any atom is 0.349 e. The van der Waals surface area contributed by atoms with E-state index in [2.05, 4.69) is 32.5 Å². The fraction of sp³-hybridized carbons (Fsp3) is 0.850. The molecule has 0 spiro atoms. The Morgan fingerprint density at radius 3 is 1.83 bits per heavy atom. The van der Waals surface area contributed by atoms with Gasteiger partial charge >= 0.3 is 5.97 Å². The zero-order chi connectivity index (χ0) is 17.7. The zero-order valence-electron chi connectivity index (χ0n) is 16.8. The molecule has 0 aromatic heterocycles. The Kier molecular flexibility index (Phi) is 16.5. The Balaban J connectivity index is 0. The third-order valence-corrected chi connectivity index (χ3v) is 4.62. The topological polar surface area (TPSA) is 87.3 Å². The molecule has 0 heterocycles. The largest absolute Gasteiger partial charge is 0.370 e. The van der Waals surface area contributed by atoms with Crippen LogP contribution in [0.1, 0.15) is 92.4 Å². The minimum Gasteiger partial charge on any atom is -0.370 e. The summed E-state index contributed by atoms with van der Waals surface area (Å²) in [6, 6.07) is 0. The smallest absolute Gasteiger partial charge is 0.349 e. The van der Waals surface area contributed by atoms with Crippen LogP contribution >= 0.6 is 0 Å². The summed E-state index contributed by atoms with van der Waals surface area (Å²) in [5.74, 6) is 6.85. The average molecular weight is 343 g/mol. The Hall–Kier alpha value is -0.870. The zero-order valence-corrected chi connectivity index (χ0v) is 16.8. The van der Waals surface area contributed by atoms with Crippen molar-refractivity contribution in [2.45, 2.75) is 92.4 Å². The van der Waals surface area contributed by atoms with Crippen LogP contribution in [0, 0.1) is 17.8 Å². The molecule has 0 aliphatic carbocycles. The van der Waals surface area contributed by atoms with Gasteiger partial charge in [-0.2, -0.15) is 5.90 Å². The van der Waals surface area contributed by atoms with Gasteiger partial charge in [-0.15, -0.1) is 0 Å². The first-order chi connectivity index (χ1) is 10.8. The van der Waals surface area contributed by atoms with Gasteiger partial charge in [-0.1, -0.05) is 78.2 Å². The average Bonchev–Trinajstić information content (AvgIpc) is 2.46. The summed E-state index contributed by atoms with van der Waals surface area (Å²) in [4.78, 5) is 15.2. The van der Waals surface area contributed by atoms with Crippen LogP contribution in [-0.4, -0.2) is 5.97 Å². The Labute approximate surface area is 150 Å². The minimum atomic E-state index is -0.456. The molecular weight excluding hydrogens is 300 g/mol. The Morgan fingerprint density at radius 2 is 1.38 bits per heavy atom. The molecule has 4 nitrogen and oxygen atoms in total. The summed E-state index contributed by atoms with van der Waals surface area (Å²) in [6.07, 6.45) is 13.0. The van der Waals surface area contributed by atoms with E-state index in [9.17, 15) is 4.79 Å². The van der Waals surface area contributed by atoms with Gasteiger partial charge in [0, 0.05) is 6.08 Å². The molecule has 5 N–H and O–H groups in total. The van der Waals surface area contributed by atoms with E-state index in [1.165, 1.54) is 51.0 Å². The van der Waals surface area contributed by atoms with Crippen molar-refractivity contribution in [2.75, 3.05) is 0 Å². The molecule has 0 rings (SSSR count). The van der Waals surface area contributed by atoms with Crippen molar-refractivity contribution in [1.29, 1.82) is 0 Å². The molecule has 0 saturated carbocycles. The van der Waals surface area contributed by atoms with Gasteiger partial charge in [0.2, 0.25) is 0 Å². The van der Waals surface area contributed by atoms with Crippen molar-refractivity contribution < 1.29 is 9.63 Å². The fourth-order valence-electron chi connectivity index (χ4n) is 3.01. The molecule has 0 amide bonds. The van der Waals surface area contributed by atoms with Crippen LogP contribution in [0.4, 0.5) is 0 Å². The standard InChI is InChI=1S/C20H39NO2.H3N/c1-16(2)9-6-10-17(3)11-7-12-18(4)13-8-14-19(5)15-20(22)23-21;/h15-18H,6-14,21H2,1-5H3;1H3/b19-15+;/t17-,18-;/m1./s1. The second kappa shape index (κ2) is 15.6. The normalized spacial score (nSPS) is 14.2.